The van der Waals surface area contributed by atoms with Crippen LogP contribution in [-0.4, -0.2) is 37.9 Å². The average molecular weight is 451 g/mol. The molecule has 1 heterocycles. The summed E-state index contributed by atoms with van der Waals surface area (Å²) >= 11 is 1.38. The van der Waals surface area contributed by atoms with E-state index in [1.165, 1.54) is 11.8 Å². The Kier molecular flexibility index (Phi) is 6.81. The smallest absolute Gasteiger partial charge is 0.255 e. The standard InChI is InChI=1S/C24H22N2O5S/c1-29-19-6-2-4-16(12-19)24(28)26-17-5-3-7-20(13-17)32-15-23(27)25-18-8-9-21-22(14-18)31-11-10-30-21/h2-9,12-14H,10-11,15H2,1H3,(H,25,27)(H,26,28). The van der Waals surface area contributed by atoms with Gasteiger partial charge >= 0.3 is 0 Å². The van der Waals surface area contributed by atoms with Crippen LogP contribution in [0.4, 0.5) is 11.4 Å². The number of rotatable bonds is 7. The van der Waals surface area contributed by atoms with Gasteiger partial charge in [0.25, 0.3) is 5.91 Å². The van der Waals surface area contributed by atoms with Crippen LogP contribution in [0.3, 0.4) is 0 Å². The Morgan fingerprint density at radius 2 is 1.69 bits per heavy atom. The molecule has 0 bridgehead atoms. The van der Waals surface area contributed by atoms with E-state index < -0.39 is 0 Å². The summed E-state index contributed by atoms with van der Waals surface area (Å²) in [5.74, 6) is 1.77. The van der Waals surface area contributed by atoms with Gasteiger partial charge in [-0.05, 0) is 48.5 Å². The highest BCUT2D eigenvalue weighted by molar-refractivity contribution is 8.00. The highest BCUT2D eigenvalue weighted by Crippen LogP contribution is 2.32. The summed E-state index contributed by atoms with van der Waals surface area (Å²) in [6, 6.07) is 19.6. The van der Waals surface area contributed by atoms with Crippen LogP contribution in [0.5, 0.6) is 17.2 Å². The third-order valence-corrected chi connectivity index (χ3v) is 5.61. The van der Waals surface area contributed by atoms with Gasteiger partial charge in [-0.3, -0.25) is 9.59 Å². The van der Waals surface area contributed by atoms with E-state index >= 15 is 0 Å². The summed E-state index contributed by atoms with van der Waals surface area (Å²) in [6.45, 7) is 1.01. The van der Waals surface area contributed by atoms with E-state index in [1.54, 1.807) is 55.6 Å². The van der Waals surface area contributed by atoms with Crippen molar-refractivity contribution >= 4 is 35.0 Å². The lowest BCUT2D eigenvalue weighted by Crippen LogP contribution is -2.17. The highest BCUT2D eigenvalue weighted by atomic mass is 32.2. The van der Waals surface area contributed by atoms with E-state index in [0.717, 1.165) is 4.90 Å². The maximum Gasteiger partial charge on any atom is 0.255 e. The molecule has 2 N–H and O–H groups in total. The molecule has 32 heavy (non-hydrogen) atoms. The van der Waals surface area contributed by atoms with Gasteiger partial charge in [0, 0.05) is 27.9 Å². The van der Waals surface area contributed by atoms with E-state index in [-0.39, 0.29) is 17.6 Å². The molecule has 0 spiro atoms. The number of carbonyl (C=O) groups is 2. The Hall–Kier alpha value is -3.65. The number of amides is 2. The Morgan fingerprint density at radius 3 is 2.53 bits per heavy atom. The molecule has 4 rings (SSSR count). The average Bonchev–Trinajstić information content (AvgIpc) is 2.83. The molecule has 0 saturated heterocycles. The summed E-state index contributed by atoms with van der Waals surface area (Å²) in [6.07, 6.45) is 0. The molecule has 164 valence electrons. The van der Waals surface area contributed by atoms with Crippen molar-refractivity contribution in [3.63, 3.8) is 0 Å². The zero-order valence-corrected chi connectivity index (χ0v) is 18.2. The van der Waals surface area contributed by atoms with Gasteiger partial charge in [-0.25, -0.2) is 0 Å². The number of hydrogen-bond acceptors (Lipinski definition) is 6. The fourth-order valence-electron chi connectivity index (χ4n) is 3.10. The van der Waals surface area contributed by atoms with Crippen molar-refractivity contribution in [2.45, 2.75) is 4.90 Å². The van der Waals surface area contributed by atoms with Crippen LogP contribution in [0.15, 0.2) is 71.6 Å². The maximum atomic E-state index is 12.5. The first-order chi connectivity index (χ1) is 15.6. The molecule has 7 nitrogen and oxygen atoms in total. The monoisotopic (exact) mass is 450 g/mol. The van der Waals surface area contributed by atoms with Gasteiger partial charge in [0.05, 0.1) is 12.9 Å². The van der Waals surface area contributed by atoms with Crippen molar-refractivity contribution in [1.29, 1.82) is 0 Å². The molecule has 0 saturated carbocycles. The van der Waals surface area contributed by atoms with Gasteiger partial charge in [0.15, 0.2) is 11.5 Å². The first kappa shape index (κ1) is 21.6. The lowest BCUT2D eigenvalue weighted by molar-refractivity contribution is -0.113. The van der Waals surface area contributed by atoms with E-state index in [1.807, 2.05) is 18.2 Å². The molecular weight excluding hydrogens is 428 g/mol. The third-order valence-electron chi connectivity index (χ3n) is 4.62. The van der Waals surface area contributed by atoms with Crippen LogP contribution in [-0.2, 0) is 4.79 Å². The zero-order valence-electron chi connectivity index (χ0n) is 17.4. The minimum Gasteiger partial charge on any atom is -0.497 e. The highest BCUT2D eigenvalue weighted by Gasteiger charge is 2.13. The van der Waals surface area contributed by atoms with E-state index in [9.17, 15) is 9.59 Å². The molecule has 0 atom stereocenters. The molecule has 8 heteroatoms. The number of benzene rings is 3. The number of thioether (sulfide) groups is 1. The topological polar surface area (TPSA) is 85.9 Å². The van der Waals surface area contributed by atoms with Gasteiger partial charge in [-0.1, -0.05) is 12.1 Å². The van der Waals surface area contributed by atoms with Crippen molar-refractivity contribution in [3.8, 4) is 17.2 Å². The molecule has 1 aliphatic heterocycles. The van der Waals surface area contributed by atoms with Gasteiger partial charge in [-0.2, -0.15) is 0 Å². The number of ether oxygens (including phenoxy) is 3. The van der Waals surface area contributed by atoms with Gasteiger partial charge in [0.1, 0.15) is 19.0 Å². The minimum atomic E-state index is -0.234. The van der Waals surface area contributed by atoms with Gasteiger partial charge in [-0.15, -0.1) is 11.8 Å². The Morgan fingerprint density at radius 1 is 0.906 bits per heavy atom. The predicted octanol–water partition coefficient (Wildman–Crippen LogP) is 4.45. The summed E-state index contributed by atoms with van der Waals surface area (Å²) in [4.78, 5) is 25.8. The van der Waals surface area contributed by atoms with Gasteiger partial charge < -0.3 is 24.8 Å². The van der Waals surface area contributed by atoms with Gasteiger partial charge in [0.2, 0.25) is 5.91 Å². The number of nitrogens with one attached hydrogen (secondary N) is 2. The number of anilines is 2. The van der Waals surface area contributed by atoms with E-state index in [2.05, 4.69) is 10.6 Å². The lowest BCUT2D eigenvalue weighted by Gasteiger charge is -2.19. The van der Waals surface area contributed by atoms with Crippen molar-refractivity contribution in [2.75, 3.05) is 36.7 Å². The van der Waals surface area contributed by atoms with E-state index in [4.69, 9.17) is 14.2 Å². The lowest BCUT2D eigenvalue weighted by atomic mass is 10.2. The summed E-state index contributed by atoms with van der Waals surface area (Å²) < 4.78 is 16.2. The molecule has 2 amide bonds. The Bertz CT molecular complexity index is 1130. The molecule has 0 aliphatic carbocycles. The Labute approximate surface area is 190 Å². The fourth-order valence-corrected chi connectivity index (χ4v) is 3.85. The molecule has 0 unspecified atom stereocenters. The zero-order chi connectivity index (χ0) is 22.3. The third kappa shape index (κ3) is 5.53. The molecule has 0 fully saturated rings. The Balaban J connectivity index is 1.32. The normalized spacial score (nSPS) is 12.0. The van der Waals surface area contributed by atoms with E-state index in [0.29, 0.717) is 47.4 Å². The second kappa shape index (κ2) is 10.1. The molecule has 0 aromatic heterocycles. The minimum absolute atomic E-state index is 0.141. The summed E-state index contributed by atoms with van der Waals surface area (Å²) in [5, 5.41) is 5.74. The molecular formula is C24H22N2O5S. The molecule has 3 aromatic carbocycles. The van der Waals surface area contributed by atoms with Crippen molar-refractivity contribution in [1.82, 2.24) is 0 Å². The first-order valence-corrected chi connectivity index (χ1v) is 11.0. The SMILES string of the molecule is COc1cccc(C(=O)Nc2cccc(SCC(=O)Nc3ccc4c(c3)OCCO4)c2)c1. The van der Waals surface area contributed by atoms with Crippen LogP contribution >= 0.6 is 11.8 Å². The number of fused-ring (bicyclic) bond motifs is 1. The fraction of sp³-hybridized carbons (Fsp3) is 0.167. The van der Waals surface area contributed by atoms with Crippen LogP contribution < -0.4 is 24.8 Å². The van der Waals surface area contributed by atoms with Crippen molar-refractivity contribution < 1.29 is 23.8 Å². The van der Waals surface area contributed by atoms with Crippen LogP contribution in [0.1, 0.15) is 10.4 Å². The second-order valence-corrected chi connectivity index (χ2v) is 7.96. The molecule has 0 radical (unpaired) electrons. The predicted molar refractivity (Wildman–Crippen MR) is 124 cm³/mol. The van der Waals surface area contributed by atoms with Crippen molar-refractivity contribution in [3.05, 3.63) is 72.3 Å². The first-order valence-electron chi connectivity index (χ1n) is 9.98. The second-order valence-electron chi connectivity index (χ2n) is 6.91. The molecule has 3 aromatic rings. The number of carbonyl (C=O) groups excluding carboxylic acids is 2. The summed E-state index contributed by atoms with van der Waals surface area (Å²) in [5.41, 5.74) is 1.80. The van der Waals surface area contributed by atoms with Crippen molar-refractivity contribution in [2.24, 2.45) is 0 Å². The summed E-state index contributed by atoms with van der Waals surface area (Å²) in [7, 11) is 1.56. The number of hydrogen-bond donors (Lipinski definition) is 2. The maximum absolute atomic E-state index is 12.5. The number of methoxy groups -OCH3 is 1. The largest absolute Gasteiger partial charge is 0.497 e. The van der Waals surface area contributed by atoms with Crippen LogP contribution in [0.25, 0.3) is 0 Å². The van der Waals surface area contributed by atoms with Crippen LogP contribution in [0, 0.1) is 0 Å². The quantitative estimate of drug-likeness (QED) is 0.518. The molecule has 1 aliphatic rings. The van der Waals surface area contributed by atoms with Crippen LogP contribution in [0.2, 0.25) is 0 Å².